The third-order valence-corrected chi connectivity index (χ3v) is 3.87. The number of benzene rings is 2. The second kappa shape index (κ2) is 6.69. The van der Waals surface area contributed by atoms with Crippen LogP contribution >= 0.6 is 15.9 Å². The number of carbonyl (C=O) groups is 1. The number of nitrogens with one attached hydrogen (secondary N) is 1. The minimum absolute atomic E-state index is 0.00137. The van der Waals surface area contributed by atoms with Gasteiger partial charge in [0.05, 0.1) is 11.3 Å². The molecule has 0 radical (unpaired) electrons. The molecule has 0 spiro atoms. The van der Waals surface area contributed by atoms with Crippen LogP contribution in [-0.4, -0.2) is 17.9 Å². The first-order chi connectivity index (χ1) is 10.0. The summed E-state index contributed by atoms with van der Waals surface area (Å²) in [7, 11) is 1.66. The second-order valence-corrected chi connectivity index (χ2v) is 5.41. The number of anilines is 1. The van der Waals surface area contributed by atoms with Crippen molar-refractivity contribution in [2.45, 2.75) is 6.54 Å². The molecule has 110 valence electrons. The first-order valence-electron chi connectivity index (χ1n) is 6.28. The smallest absolute Gasteiger partial charge is 0.256 e. The number of para-hydroxylation sites is 1. The van der Waals surface area contributed by atoms with Crippen molar-refractivity contribution < 1.29 is 9.18 Å². The van der Waals surface area contributed by atoms with Crippen LogP contribution in [0.5, 0.6) is 0 Å². The molecule has 6 heteroatoms. The van der Waals surface area contributed by atoms with Crippen LogP contribution in [0, 0.1) is 5.82 Å². The molecule has 4 nitrogen and oxygen atoms in total. The molecule has 0 bridgehead atoms. The lowest BCUT2D eigenvalue weighted by molar-refractivity contribution is 0.0785. The van der Waals surface area contributed by atoms with Gasteiger partial charge in [0, 0.05) is 18.1 Å². The maximum absolute atomic E-state index is 13.6. The van der Waals surface area contributed by atoms with Crippen molar-refractivity contribution in [1.82, 2.24) is 4.90 Å². The zero-order valence-electron chi connectivity index (χ0n) is 11.4. The van der Waals surface area contributed by atoms with Crippen LogP contribution in [-0.2, 0) is 6.54 Å². The SMILES string of the molecule is CN(Cc1ccccc1Br)C(=O)c1cccc(F)c1NN. The van der Waals surface area contributed by atoms with Crippen molar-refractivity contribution in [3.05, 3.63) is 63.9 Å². The Morgan fingerprint density at radius 2 is 2.00 bits per heavy atom. The predicted molar refractivity (Wildman–Crippen MR) is 84.1 cm³/mol. The Morgan fingerprint density at radius 1 is 1.29 bits per heavy atom. The molecule has 0 atom stereocenters. The molecule has 1 amide bonds. The molecule has 0 saturated heterocycles. The van der Waals surface area contributed by atoms with E-state index in [0.29, 0.717) is 6.54 Å². The summed E-state index contributed by atoms with van der Waals surface area (Å²) < 4.78 is 14.6. The molecule has 2 rings (SSSR count). The molecule has 2 aromatic carbocycles. The lowest BCUT2D eigenvalue weighted by Gasteiger charge is -2.20. The van der Waals surface area contributed by atoms with E-state index in [1.807, 2.05) is 24.3 Å². The van der Waals surface area contributed by atoms with Gasteiger partial charge in [0.25, 0.3) is 5.91 Å². The average Bonchev–Trinajstić information content (AvgIpc) is 2.48. The van der Waals surface area contributed by atoms with Crippen molar-refractivity contribution in [1.29, 1.82) is 0 Å². The number of hydrogen-bond donors (Lipinski definition) is 2. The summed E-state index contributed by atoms with van der Waals surface area (Å²) in [6.45, 7) is 0.404. The van der Waals surface area contributed by atoms with Gasteiger partial charge in [-0.15, -0.1) is 0 Å². The number of hydrazine groups is 1. The summed E-state index contributed by atoms with van der Waals surface area (Å²) in [5.41, 5.74) is 3.41. The highest BCUT2D eigenvalue weighted by atomic mass is 79.9. The van der Waals surface area contributed by atoms with Gasteiger partial charge < -0.3 is 10.3 Å². The molecule has 0 aliphatic rings. The summed E-state index contributed by atoms with van der Waals surface area (Å²) in [5.74, 6) is 4.43. The lowest BCUT2D eigenvalue weighted by atomic mass is 10.1. The topological polar surface area (TPSA) is 58.4 Å². The molecule has 0 aromatic heterocycles. The molecule has 3 N–H and O–H groups in total. The maximum Gasteiger partial charge on any atom is 0.256 e. The first kappa shape index (κ1) is 15.5. The van der Waals surface area contributed by atoms with Gasteiger partial charge in [0.2, 0.25) is 0 Å². The molecule has 0 aliphatic carbocycles. The van der Waals surface area contributed by atoms with Crippen LogP contribution in [0.3, 0.4) is 0 Å². The van der Waals surface area contributed by atoms with Crippen molar-refractivity contribution in [3.8, 4) is 0 Å². The van der Waals surface area contributed by atoms with E-state index in [4.69, 9.17) is 5.84 Å². The zero-order chi connectivity index (χ0) is 15.4. The fourth-order valence-corrected chi connectivity index (χ4v) is 2.42. The Morgan fingerprint density at radius 3 is 2.67 bits per heavy atom. The van der Waals surface area contributed by atoms with Crippen molar-refractivity contribution in [3.63, 3.8) is 0 Å². The van der Waals surface area contributed by atoms with E-state index >= 15 is 0 Å². The number of amides is 1. The summed E-state index contributed by atoms with van der Waals surface area (Å²) in [5, 5.41) is 0. The third kappa shape index (κ3) is 3.40. The van der Waals surface area contributed by atoms with Crippen LogP contribution in [0.1, 0.15) is 15.9 Å². The molecule has 0 heterocycles. The van der Waals surface area contributed by atoms with E-state index in [9.17, 15) is 9.18 Å². The highest BCUT2D eigenvalue weighted by Gasteiger charge is 2.18. The minimum Gasteiger partial charge on any atom is -0.337 e. The number of nitrogens with two attached hydrogens (primary N) is 1. The van der Waals surface area contributed by atoms with Gasteiger partial charge in [-0.25, -0.2) is 4.39 Å². The van der Waals surface area contributed by atoms with Gasteiger partial charge in [-0.05, 0) is 23.8 Å². The quantitative estimate of drug-likeness (QED) is 0.657. The van der Waals surface area contributed by atoms with Gasteiger partial charge in [0.1, 0.15) is 5.82 Å². The predicted octanol–water partition coefficient (Wildman–Crippen LogP) is 3.15. The molecular formula is C15H15BrFN3O. The van der Waals surface area contributed by atoms with Gasteiger partial charge in [0.15, 0.2) is 0 Å². The summed E-state index contributed by atoms with van der Waals surface area (Å²) >= 11 is 3.44. The van der Waals surface area contributed by atoms with Gasteiger partial charge in [-0.2, -0.15) is 0 Å². The van der Waals surface area contributed by atoms with Gasteiger partial charge >= 0.3 is 0 Å². The lowest BCUT2D eigenvalue weighted by Crippen LogP contribution is -2.28. The van der Waals surface area contributed by atoms with E-state index < -0.39 is 5.82 Å². The number of halogens is 2. The van der Waals surface area contributed by atoms with Crippen LogP contribution in [0.15, 0.2) is 46.9 Å². The Balaban J connectivity index is 2.24. The molecule has 0 aliphatic heterocycles. The molecule has 21 heavy (non-hydrogen) atoms. The van der Waals surface area contributed by atoms with Gasteiger partial charge in [-0.3, -0.25) is 10.6 Å². The first-order valence-corrected chi connectivity index (χ1v) is 7.08. The van der Waals surface area contributed by atoms with E-state index in [1.165, 1.54) is 23.1 Å². The van der Waals surface area contributed by atoms with Crippen molar-refractivity contribution >= 4 is 27.5 Å². The standard InChI is InChI=1S/C15H15BrFN3O/c1-20(9-10-5-2-3-7-12(10)16)15(21)11-6-4-8-13(17)14(11)19-18/h2-8,19H,9,18H2,1H3. The molecule has 0 fully saturated rings. The monoisotopic (exact) mass is 351 g/mol. The Bertz CT molecular complexity index is 663. The molecular weight excluding hydrogens is 337 g/mol. The summed E-state index contributed by atoms with van der Waals surface area (Å²) in [4.78, 5) is 14.0. The fourth-order valence-electron chi connectivity index (χ4n) is 2.01. The van der Waals surface area contributed by atoms with Crippen LogP contribution in [0.4, 0.5) is 10.1 Å². The van der Waals surface area contributed by atoms with Crippen LogP contribution < -0.4 is 11.3 Å². The van der Waals surface area contributed by atoms with Gasteiger partial charge in [-0.1, -0.05) is 40.2 Å². The van der Waals surface area contributed by atoms with E-state index in [-0.39, 0.29) is 17.2 Å². The highest BCUT2D eigenvalue weighted by Crippen LogP contribution is 2.22. The normalized spacial score (nSPS) is 10.3. The molecule has 0 saturated carbocycles. The number of carbonyl (C=O) groups excluding carboxylic acids is 1. The average molecular weight is 352 g/mol. The Hall–Kier alpha value is -1.92. The third-order valence-electron chi connectivity index (χ3n) is 3.10. The van der Waals surface area contributed by atoms with E-state index in [1.54, 1.807) is 7.05 Å². The van der Waals surface area contributed by atoms with Crippen molar-refractivity contribution in [2.75, 3.05) is 12.5 Å². The second-order valence-electron chi connectivity index (χ2n) is 4.56. The van der Waals surface area contributed by atoms with E-state index in [0.717, 1.165) is 10.0 Å². The Kier molecular flexibility index (Phi) is 4.93. The summed E-state index contributed by atoms with van der Waals surface area (Å²) in [6.07, 6.45) is 0. The zero-order valence-corrected chi connectivity index (χ0v) is 13.0. The molecule has 0 unspecified atom stereocenters. The molecule has 2 aromatic rings. The number of rotatable bonds is 4. The summed E-state index contributed by atoms with van der Waals surface area (Å²) in [6, 6.07) is 11.9. The maximum atomic E-state index is 13.6. The van der Waals surface area contributed by atoms with Crippen LogP contribution in [0.25, 0.3) is 0 Å². The van der Waals surface area contributed by atoms with Crippen LogP contribution in [0.2, 0.25) is 0 Å². The minimum atomic E-state index is -0.558. The number of hydrogen-bond acceptors (Lipinski definition) is 3. The van der Waals surface area contributed by atoms with Crippen molar-refractivity contribution in [2.24, 2.45) is 5.84 Å². The van der Waals surface area contributed by atoms with E-state index in [2.05, 4.69) is 21.4 Å². The largest absolute Gasteiger partial charge is 0.337 e. The highest BCUT2D eigenvalue weighted by molar-refractivity contribution is 9.10. The Labute approximate surface area is 130 Å². The fraction of sp³-hybridized carbons (Fsp3) is 0.133. The number of nitrogen functional groups attached to an aromatic ring is 1. The number of nitrogens with zero attached hydrogens (tertiary/aromatic N) is 1.